The van der Waals surface area contributed by atoms with Crippen LogP contribution < -0.4 is 5.32 Å². The number of benzene rings is 1. The highest BCUT2D eigenvalue weighted by atomic mass is 35.5. The Kier molecular flexibility index (Phi) is 5.04. The molecule has 138 valence electrons. The fourth-order valence-corrected chi connectivity index (χ4v) is 4.45. The van der Waals surface area contributed by atoms with E-state index in [1.807, 2.05) is 22.9 Å². The maximum atomic E-state index is 6.08. The molecule has 1 heterocycles. The second kappa shape index (κ2) is 7.29. The summed E-state index contributed by atoms with van der Waals surface area (Å²) in [7, 11) is 0. The standard InChI is InChI=1S/C20H25ClN4S/c1-2-13-24-18(15-5-6-15)23-25(19(24)26)14-22-20(11-3-4-12-20)16-7-9-17(21)10-8-16/h2,7-10,15,22H,1,3-6,11-14H2. The van der Waals surface area contributed by atoms with E-state index in [9.17, 15) is 0 Å². The molecule has 4 rings (SSSR count). The van der Waals surface area contributed by atoms with Crippen molar-refractivity contribution in [3.63, 3.8) is 0 Å². The van der Waals surface area contributed by atoms with Crippen molar-refractivity contribution in [2.24, 2.45) is 0 Å². The second-order valence-electron chi connectivity index (χ2n) is 7.44. The Hall–Kier alpha value is -1.43. The van der Waals surface area contributed by atoms with E-state index >= 15 is 0 Å². The summed E-state index contributed by atoms with van der Waals surface area (Å²) in [5.74, 6) is 1.68. The maximum Gasteiger partial charge on any atom is 0.199 e. The first-order valence-corrected chi connectivity index (χ1v) is 10.2. The minimum Gasteiger partial charge on any atom is -0.300 e. The Morgan fingerprint density at radius 3 is 2.58 bits per heavy atom. The first-order valence-electron chi connectivity index (χ1n) is 9.42. The van der Waals surface area contributed by atoms with E-state index in [-0.39, 0.29) is 5.54 Å². The van der Waals surface area contributed by atoms with E-state index in [0.717, 1.165) is 35.0 Å². The van der Waals surface area contributed by atoms with Gasteiger partial charge in [0.2, 0.25) is 0 Å². The number of rotatable bonds is 7. The number of hydrogen-bond donors (Lipinski definition) is 1. The minimum absolute atomic E-state index is 0.0126. The molecular formula is C20H25ClN4S. The Bertz CT molecular complexity index is 842. The Morgan fingerprint density at radius 1 is 1.27 bits per heavy atom. The van der Waals surface area contributed by atoms with E-state index in [1.165, 1.54) is 31.2 Å². The number of aromatic nitrogens is 3. The van der Waals surface area contributed by atoms with Crippen LogP contribution in [0.3, 0.4) is 0 Å². The van der Waals surface area contributed by atoms with Crippen molar-refractivity contribution in [1.29, 1.82) is 0 Å². The van der Waals surface area contributed by atoms with Gasteiger partial charge in [0.05, 0.1) is 6.67 Å². The summed E-state index contributed by atoms with van der Waals surface area (Å²) in [6.07, 6.45) is 9.05. The summed E-state index contributed by atoms with van der Waals surface area (Å²) in [5.41, 5.74) is 1.29. The van der Waals surface area contributed by atoms with Crippen molar-refractivity contribution in [3.8, 4) is 0 Å². The molecule has 0 radical (unpaired) electrons. The van der Waals surface area contributed by atoms with Gasteiger partial charge >= 0.3 is 0 Å². The highest BCUT2D eigenvalue weighted by Crippen LogP contribution is 2.40. The van der Waals surface area contributed by atoms with Crippen LogP contribution in [0.15, 0.2) is 36.9 Å². The van der Waals surface area contributed by atoms with Gasteiger partial charge in [-0.25, -0.2) is 4.68 Å². The zero-order valence-corrected chi connectivity index (χ0v) is 16.5. The monoisotopic (exact) mass is 388 g/mol. The third kappa shape index (κ3) is 3.40. The topological polar surface area (TPSA) is 34.8 Å². The van der Waals surface area contributed by atoms with Gasteiger partial charge in [0, 0.05) is 23.0 Å². The third-order valence-electron chi connectivity index (χ3n) is 5.63. The summed E-state index contributed by atoms with van der Waals surface area (Å²) in [6.45, 7) is 5.22. The van der Waals surface area contributed by atoms with Gasteiger partial charge in [0.25, 0.3) is 0 Å². The first kappa shape index (κ1) is 18.0. The summed E-state index contributed by atoms with van der Waals surface area (Å²) in [5, 5.41) is 9.39. The molecule has 2 aliphatic rings. The Balaban J connectivity index is 1.59. The summed E-state index contributed by atoms with van der Waals surface area (Å²) in [6, 6.07) is 8.25. The molecule has 2 fully saturated rings. The molecular weight excluding hydrogens is 364 g/mol. The molecule has 0 amide bonds. The minimum atomic E-state index is -0.0126. The smallest absolute Gasteiger partial charge is 0.199 e. The zero-order chi connectivity index (χ0) is 18.1. The van der Waals surface area contributed by atoms with Crippen molar-refractivity contribution in [1.82, 2.24) is 19.7 Å². The molecule has 0 aliphatic heterocycles. The molecule has 0 bridgehead atoms. The maximum absolute atomic E-state index is 6.08. The fraction of sp³-hybridized carbons (Fsp3) is 0.500. The Morgan fingerprint density at radius 2 is 1.96 bits per heavy atom. The van der Waals surface area contributed by atoms with Crippen LogP contribution in [0.5, 0.6) is 0 Å². The van der Waals surface area contributed by atoms with Crippen LogP contribution >= 0.6 is 23.8 Å². The number of nitrogens with one attached hydrogen (secondary N) is 1. The average molecular weight is 389 g/mol. The molecule has 6 heteroatoms. The van der Waals surface area contributed by atoms with Crippen molar-refractivity contribution >= 4 is 23.8 Å². The lowest BCUT2D eigenvalue weighted by atomic mass is 9.88. The molecule has 0 atom stereocenters. The first-order chi connectivity index (χ1) is 12.6. The third-order valence-corrected chi connectivity index (χ3v) is 6.31. The Labute approximate surface area is 164 Å². The van der Waals surface area contributed by atoms with E-state index < -0.39 is 0 Å². The predicted octanol–water partition coefficient (Wildman–Crippen LogP) is 5.15. The molecule has 1 aromatic heterocycles. The largest absolute Gasteiger partial charge is 0.300 e. The van der Waals surface area contributed by atoms with Crippen molar-refractivity contribution in [2.75, 3.05) is 0 Å². The van der Waals surface area contributed by atoms with Gasteiger partial charge in [-0.05, 0) is 55.6 Å². The number of allylic oxidation sites excluding steroid dienone is 1. The van der Waals surface area contributed by atoms with Gasteiger partial charge in [-0.15, -0.1) is 6.58 Å². The van der Waals surface area contributed by atoms with Crippen LogP contribution in [0.1, 0.15) is 55.8 Å². The van der Waals surface area contributed by atoms with E-state index in [2.05, 4.69) is 28.6 Å². The van der Waals surface area contributed by atoms with Crippen LogP contribution in [0.2, 0.25) is 5.02 Å². The quantitative estimate of drug-likeness (QED) is 0.526. The lowest BCUT2D eigenvalue weighted by molar-refractivity contribution is 0.297. The van der Waals surface area contributed by atoms with Crippen LogP contribution in [0, 0.1) is 4.77 Å². The van der Waals surface area contributed by atoms with Crippen molar-refractivity contribution in [2.45, 2.75) is 63.2 Å². The zero-order valence-electron chi connectivity index (χ0n) is 15.0. The lowest BCUT2D eigenvalue weighted by Crippen LogP contribution is -2.41. The van der Waals surface area contributed by atoms with Gasteiger partial charge in [0.1, 0.15) is 5.82 Å². The van der Waals surface area contributed by atoms with Gasteiger partial charge in [-0.2, -0.15) is 5.10 Å². The number of nitrogens with zero attached hydrogens (tertiary/aromatic N) is 3. The predicted molar refractivity (Wildman–Crippen MR) is 108 cm³/mol. The van der Waals surface area contributed by atoms with Crippen LogP contribution in [-0.4, -0.2) is 14.3 Å². The molecule has 0 saturated heterocycles. The van der Waals surface area contributed by atoms with E-state index in [1.54, 1.807) is 0 Å². The molecule has 4 nitrogen and oxygen atoms in total. The van der Waals surface area contributed by atoms with Gasteiger partial charge in [-0.3, -0.25) is 9.88 Å². The van der Waals surface area contributed by atoms with Crippen LogP contribution in [0.25, 0.3) is 0 Å². The molecule has 1 aromatic carbocycles. The molecule has 0 spiro atoms. The highest BCUT2D eigenvalue weighted by molar-refractivity contribution is 7.71. The van der Waals surface area contributed by atoms with Crippen LogP contribution in [-0.2, 0) is 18.8 Å². The molecule has 1 N–H and O–H groups in total. The normalized spacial score (nSPS) is 19.0. The number of halogens is 1. The van der Waals surface area contributed by atoms with Crippen LogP contribution in [0.4, 0.5) is 0 Å². The van der Waals surface area contributed by atoms with E-state index in [4.69, 9.17) is 28.9 Å². The summed E-state index contributed by atoms with van der Waals surface area (Å²) < 4.78 is 4.86. The average Bonchev–Trinajstić information content (AvgIpc) is 3.29. The van der Waals surface area contributed by atoms with Gasteiger partial charge in [-0.1, -0.05) is 42.7 Å². The molecule has 26 heavy (non-hydrogen) atoms. The SMILES string of the molecule is C=CCn1c(C2CC2)nn(CNC2(c3ccc(Cl)cc3)CCCC2)c1=S. The number of hydrogen-bond acceptors (Lipinski definition) is 3. The van der Waals surface area contributed by atoms with Gasteiger partial charge in [0.15, 0.2) is 4.77 Å². The highest BCUT2D eigenvalue weighted by Gasteiger charge is 2.35. The van der Waals surface area contributed by atoms with Crippen molar-refractivity contribution < 1.29 is 0 Å². The molecule has 2 aliphatic carbocycles. The second-order valence-corrected chi connectivity index (χ2v) is 8.25. The van der Waals surface area contributed by atoms with Crippen molar-refractivity contribution in [3.05, 3.63) is 58.1 Å². The summed E-state index contributed by atoms with van der Waals surface area (Å²) in [4.78, 5) is 0. The molecule has 0 unspecified atom stereocenters. The lowest BCUT2D eigenvalue weighted by Gasteiger charge is -2.31. The fourth-order valence-electron chi connectivity index (χ4n) is 4.05. The summed E-state index contributed by atoms with van der Waals surface area (Å²) >= 11 is 11.8. The molecule has 2 saturated carbocycles. The van der Waals surface area contributed by atoms with Gasteiger partial charge < -0.3 is 0 Å². The molecule has 2 aromatic rings. The van der Waals surface area contributed by atoms with E-state index in [0.29, 0.717) is 12.6 Å².